The van der Waals surface area contributed by atoms with Gasteiger partial charge < -0.3 is 15.7 Å². The zero-order valence-corrected chi connectivity index (χ0v) is 5.95. The van der Waals surface area contributed by atoms with Gasteiger partial charge in [-0.05, 0) is 0 Å². The van der Waals surface area contributed by atoms with Gasteiger partial charge in [0.1, 0.15) is 0 Å². The standard InChI is InChI=1S/C6H12N2O2/c1-4(9)8-2-5(7)6(10)3-8/h5-6,10H,2-3,7H2,1H3. The molecular formula is C6H12N2O2. The molecule has 1 fully saturated rings. The molecule has 0 aliphatic carbocycles. The van der Waals surface area contributed by atoms with Crippen molar-refractivity contribution in [1.82, 2.24) is 4.90 Å². The summed E-state index contributed by atoms with van der Waals surface area (Å²) in [5.74, 6) is -0.0213. The monoisotopic (exact) mass is 144 g/mol. The van der Waals surface area contributed by atoms with Crippen LogP contribution in [0.4, 0.5) is 0 Å². The minimum Gasteiger partial charge on any atom is -0.390 e. The van der Waals surface area contributed by atoms with Gasteiger partial charge in [-0.3, -0.25) is 4.79 Å². The van der Waals surface area contributed by atoms with Crippen LogP contribution in [0.25, 0.3) is 0 Å². The van der Waals surface area contributed by atoms with Gasteiger partial charge in [0.15, 0.2) is 0 Å². The van der Waals surface area contributed by atoms with Crippen molar-refractivity contribution in [1.29, 1.82) is 0 Å². The van der Waals surface area contributed by atoms with Crippen molar-refractivity contribution in [3.63, 3.8) is 0 Å². The van der Waals surface area contributed by atoms with Gasteiger partial charge in [0.2, 0.25) is 5.91 Å². The zero-order valence-electron chi connectivity index (χ0n) is 5.95. The first-order chi connectivity index (χ1) is 4.61. The number of nitrogens with two attached hydrogens (primary N) is 1. The van der Waals surface area contributed by atoms with E-state index in [0.717, 1.165) is 0 Å². The van der Waals surface area contributed by atoms with Crippen molar-refractivity contribution in [2.45, 2.75) is 19.1 Å². The number of carbonyl (C=O) groups is 1. The molecule has 2 atom stereocenters. The van der Waals surface area contributed by atoms with E-state index in [1.54, 1.807) is 4.90 Å². The van der Waals surface area contributed by atoms with Gasteiger partial charge >= 0.3 is 0 Å². The normalized spacial score (nSPS) is 32.9. The van der Waals surface area contributed by atoms with E-state index in [2.05, 4.69) is 0 Å². The van der Waals surface area contributed by atoms with Crippen molar-refractivity contribution >= 4 is 5.91 Å². The topological polar surface area (TPSA) is 66.6 Å². The highest BCUT2D eigenvalue weighted by Crippen LogP contribution is 2.07. The minimum absolute atomic E-state index is 0.0213. The first-order valence-corrected chi connectivity index (χ1v) is 3.30. The molecule has 0 saturated carbocycles. The molecule has 0 radical (unpaired) electrons. The van der Waals surface area contributed by atoms with Crippen molar-refractivity contribution < 1.29 is 9.90 Å². The Hall–Kier alpha value is -0.610. The lowest BCUT2D eigenvalue weighted by Crippen LogP contribution is -2.33. The maximum Gasteiger partial charge on any atom is 0.219 e. The van der Waals surface area contributed by atoms with E-state index in [1.807, 2.05) is 0 Å². The second-order valence-electron chi connectivity index (χ2n) is 2.66. The van der Waals surface area contributed by atoms with Crippen LogP contribution in [0.15, 0.2) is 0 Å². The average Bonchev–Trinajstić information content (AvgIpc) is 2.13. The number of aliphatic hydroxyl groups excluding tert-OH is 1. The number of aliphatic hydroxyl groups is 1. The molecule has 1 aliphatic rings. The van der Waals surface area contributed by atoms with Gasteiger partial charge in [0.25, 0.3) is 0 Å². The molecule has 3 N–H and O–H groups in total. The maximum absolute atomic E-state index is 10.7. The third-order valence-corrected chi connectivity index (χ3v) is 1.78. The molecule has 0 aromatic heterocycles. The fourth-order valence-electron chi connectivity index (χ4n) is 1.07. The highest BCUT2D eigenvalue weighted by Gasteiger charge is 2.29. The molecule has 1 aliphatic heterocycles. The van der Waals surface area contributed by atoms with Gasteiger partial charge in [-0.15, -0.1) is 0 Å². The molecule has 1 saturated heterocycles. The number of rotatable bonds is 0. The summed E-state index contributed by atoms with van der Waals surface area (Å²) >= 11 is 0. The Bertz CT molecular complexity index is 139. The summed E-state index contributed by atoms with van der Waals surface area (Å²) in [5.41, 5.74) is 5.46. The summed E-state index contributed by atoms with van der Waals surface area (Å²) in [7, 11) is 0. The predicted octanol–water partition coefficient (Wildman–Crippen LogP) is -1.46. The zero-order chi connectivity index (χ0) is 7.72. The third kappa shape index (κ3) is 1.27. The molecule has 10 heavy (non-hydrogen) atoms. The smallest absolute Gasteiger partial charge is 0.219 e. The fourth-order valence-corrected chi connectivity index (χ4v) is 1.07. The van der Waals surface area contributed by atoms with E-state index in [1.165, 1.54) is 6.92 Å². The van der Waals surface area contributed by atoms with Gasteiger partial charge in [-0.1, -0.05) is 0 Å². The lowest BCUT2D eigenvalue weighted by molar-refractivity contribution is -0.128. The molecule has 58 valence electrons. The van der Waals surface area contributed by atoms with Crippen molar-refractivity contribution in [3.8, 4) is 0 Å². The van der Waals surface area contributed by atoms with E-state index in [-0.39, 0.29) is 11.9 Å². The van der Waals surface area contributed by atoms with Gasteiger partial charge in [-0.25, -0.2) is 0 Å². The van der Waals surface area contributed by atoms with Crippen LogP contribution in [0.3, 0.4) is 0 Å². The number of likely N-dealkylation sites (tertiary alicyclic amines) is 1. The molecular weight excluding hydrogens is 132 g/mol. The second kappa shape index (κ2) is 2.56. The van der Waals surface area contributed by atoms with Crippen LogP contribution in [-0.2, 0) is 4.79 Å². The largest absolute Gasteiger partial charge is 0.390 e. The molecule has 4 heteroatoms. The Morgan fingerprint density at radius 1 is 1.70 bits per heavy atom. The number of β-amino-alcohol motifs (C(OH)–C–C–N with tert-alkyl or cyclic N) is 1. The Labute approximate surface area is 59.6 Å². The van der Waals surface area contributed by atoms with Crippen LogP contribution in [0, 0.1) is 0 Å². The number of carbonyl (C=O) groups excluding carboxylic acids is 1. The van der Waals surface area contributed by atoms with Crippen LogP contribution in [-0.4, -0.2) is 41.1 Å². The molecule has 1 rings (SSSR count). The van der Waals surface area contributed by atoms with Crippen LogP contribution in [0.5, 0.6) is 0 Å². The van der Waals surface area contributed by atoms with Crippen LogP contribution in [0.1, 0.15) is 6.92 Å². The summed E-state index contributed by atoms with van der Waals surface area (Å²) in [6.07, 6.45) is -0.538. The molecule has 0 aromatic carbocycles. The summed E-state index contributed by atoms with van der Waals surface area (Å²) in [5, 5.41) is 9.10. The van der Waals surface area contributed by atoms with E-state index in [0.29, 0.717) is 13.1 Å². The molecule has 0 aromatic rings. The SMILES string of the molecule is CC(=O)N1CC(N)C(O)C1. The Morgan fingerprint density at radius 2 is 2.30 bits per heavy atom. The predicted molar refractivity (Wildman–Crippen MR) is 36.2 cm³/mol. The van der Waals surface area contributed by atoms with Crippen molar-refractivity contribution in [2.24, 2.45) is 5.73 Å². The lowest BCUT2D eigenvalue weighted by atomic mass is 10.2. The van der Waals surface area contributed by atoms with Gasteiger partial charge in [0, 0.05) is 26.1 Å². The Kier molecular flexibility index (Phi) is 1.92. The molecule has 1 amide bonds. The van der Waals surface area contributed by atoms with Crippen LogP contribution < -0.4 is 5.73 Å². The first-order valence-electron chi connectivity index (χ1n) is 3.30. The minimum atomic E-state index is -0.538. The maximum atomic E-state index is 10.7. The lowest BCUT2D eigenvalue weighted by Gasteiger charge is -2.10. The highest BCUT2D eigenvalue weighted by atomic mass is 16.3. The fraction of sp³-hybridized carbons (Fsp3) is 0.833. The van der Waals surface area contributed by atoms with Crippen molar-refractivity contribution in [3.05, 3.63) is 0 Å². The molecule has 4 nitrogen and oxygen atoms in total. The second-order valence-corrected chi connectivity index (χ2v) is 2.66. The van der Waals surface area contributed by atoms with Crippen LogP contribution in [0.2, 0.25) is 0 Å². The summed E-state index contributed by atoms with van der Waals surface area (Å²) in [6.45, 7) is 2.34. The average molecular weight is 144 g/mol. The molecule has 0 bridgehead atoms. The number of hydrogen-bond acceptors (Lipinski definition) is 3. The van der Waals surface area contributed by atoms with Crippen LogP contribution >= 0.6 is 0 Å². The van der Waals surface area contributed by atoms with E-state index in [4.69, 9.17) is 10.8 Å². The van der Waals surface area contributed by atoms with Crippen molar-refractivity contribution in [2.75, 3.05) is 13.1 Å². The number of amides is 1. The van der Waals surface area contributed by atoms with E-state index < -0.39 is 6.10 Å². The van der Waals surface area contributed by atoms with E-state index in [9.17, 15) is 4.79 Å². The first kappa shape index (κ1) is 7.50. The van der Waals surface area contributed by atoms with E-state index >= 15 is 0 Å². The third-order valence-electron chi connectivity index (χ3n) is 1.78. The molecule has 2 unspecified atom stereocenters. The molecule has 0 spiro atoms. The highest BCUT2D eigenvalue weighted by molar-refractivity contribution is 5.73. The summed E-state index contributed by atoms with van der Waals surface area (Å²) < 4.78 is 0. The summed E-state index contributed by atoms with van der Waals surface area (Å²) in [4.78, 5) is 12.2. The Morgan fingerprint density at radius 3 is 2.50 bits per heavy atom. The summed E-state index contributed by atoms with van der Waals surface area (Å²) in [6, 6.07) is -0.260. The van der Waals surface area contributed by atoms with Gasteiger partial charge in [0.05, 0.1) is 6.10 Å². The molecule has 1 heterocycles. The quantitative estimate of drug-likeness (QED) is 0.436. The van der Waals surface area contributed by atoms with Gasteiger partial charge in [-0.2, -0.15) is 0 Å². The Balaban J connectivity index is 2.49. The number of hydrogen-bond donors (Lipinski definition) is 2. The number of nitrogens with zero attached hydrogens (tertiary/aromatic N) is 1.